The molecule has 2 nitrogen and oxygen atoms in total. The van der Waals surface area contributed by atoms with Gasteiger partial charge in [0, 0.05) is 11.3 Å². The molecule has 1 aromatic heterocycles. The van der Waals surface area contributed by atoms with Crippen molar-refractivity contribution in [3.8, 4) is 5.75 Å². The predicted octanol–water partition coefficient (Wildman–Crippen LogP) is 3.38. The first kappa shape index (κ1) is 11.1. The molecule has 0 aliphatic heterocycles. The normalized spacial score (nSPS) is 10.4. The van der Waals surface area contributed by atoms with E-state index in [2.05, 4.69) is 24.0 Å². The molecule has 0 aliphatic carbocycles. The molecule has 0 saturated heterocycles. The number of ether oxygens (including phenoxy) is 1. The Kier molecular flexibility index (Phi) is 3.57. The summed E-state index contributed by atoms with van der Waals surface area (Å²) in [6, 6.07) is 8.14. The average Bonchev–Trinajstić information content (AvgIpc) is 2.68. The molecule has 2 aromatic rings. The lowest BCUT2D eigenvalue weighted by Crippen LogP contribution is -2.01. The fourth-order valence-electron chi connectivity index (χ4n) is 1.46. The average molecular weight is 233 g/mol. The van der Waals surface area contributed by atoms with Gasteiger partial charge < -0.3 is 4.74 Å². The fraction of sp³-hybridized carbons (Fsp3) is 0.308. The molecule has 0 saturated carbocycles. The third-order valence-corrected chi connectivity index (χ3v) is 3.46. The molecule has 0 radical (unpaired) electrons. The third kappa shape index (κ3) is 2.83. The van der Waals surface area contributed by atoms with Crippen LogP contribution < -0.4 is 4.74 Å². The zero-order valence-corrected chi connectivity index (χ0v) is 10.4. The number of aromatic nitrogens is 1. The molecule has 0 amide bonds. The van der Waals surface area contributed by atoms with Crippen LogP contribution in [-0.4, -0.2) is 11.6 Å². The summed E-state index contributed by atoms with van der Waals surface area (Å²) in [6.07, 6.45) is 0.935. The van der Waals surface area contributed by atoms with E-state index in [4.69, 9.17) is 4.74 Å². The van der Waals surface area contributed by atoms with Gasteiger partial charge in [0.05, 0.1) is 17.8 Å². The molecule has 2 rings (SSSR count). The standard InChI is InChI=1S/C13H15NOS/c1-10-3-5-12(6-4-10)15-8-7-13-11(2)14-9-16-13/h3-6,9H,7-8H2,1-2H3. The molecule has 0 fully saturated rings. The van der Waals surface area contributed by atoms with E-state index in [1.54, 1.807) is 11.3 Å². The van der Waals surface area contributed by atoms with Crippen molar-refractivity contribution in [2.24, 2.45) is 0 Å². The number of hydrogen-bond acceptors (Lipinski definition) is 3. The van der Waals surface area contributed by atoms with E-state index in [9.17, 15) is 0 Å². The first-order chi connectivity index (χ1) is 7.75. The summed E-state index contributed by atoms with van der Waals surface area (Å²) >= 11 is 1.70. The van der Waals surface area contributed by atoms with E-state index in [1.165, 1.54) is 10.4 Å². The Labute approximate surface area is 99.9 Å². The molecule has 1 aromatic carbocycles. The predicted molar refractivity (Wildman–Crippen MR) is 67.2 cm³/mol. The summed E-state index contributed by atoms with van der Waals surface area (Å²) in [4.78, 5) is 5.53. The number of rotatable bonds is 4. The number of nitrogens with zero attached hydrogens (tertiary/aromatic N) is 1. The molecular formula is C13H15NOS. The summed E-state index contributed by atoms with van der Waals surface area (Å²) in [7, 11) is 0. The molecule has 0 atom stereocenters. The SMILES string of the molecule is Cc1ccc(OCCc2scnc2C)cc1. The van der Waals surface area contributed by atoms with Gasteiger partial charge in [0.15, 0.2) is 0 Å². The molecule has 0 spiro atoms. The highest BCUT2D eigenvalue weighted by atomic mass is 32.1. The van der Waals surface area contributed by atoms with E-state index >= 15 is 0 Å². The number of thiazole rings is 1. The molecule has 1 heterocycles. The summed E-state index contributed by atoms with van der Waals surface area (Å²) < 4.78 is 5.67. The number of benzene rings is 1. The Hall–Kier alpha value is -1.35. The van der Waals surface area contributed by atoms with Gasteiger partial charge in [0.25, 0.3) is 0 Å². The monoisotopic (exact) mass is 233 g/mol. The summed E-state index contributed by atoms with van der Waals surface area (Å²) in [5.74, 6) is 0.938. The van der Waals surface area contributed by atoms with Crippen molar-refractivity contribution in [2.75, 3.05) is 6.61 Å². The van der Waals surface area contributed by atoms with Crippen LogP contribution in [0.2, 0.25) is 0 Å². The third-order valence-electron chi connectivity index (χ3n) is 2.46. The van der Waals surface area contributed by atoms with Gasteiger partial charge in [-0.2, -0.15) is 0 Å². The van der Waals surface area contributed by atoms with Crippen molar-refractivity contribution in [1.82, 2.24) is 4.98 Å². The minimum atomic E-state index is 0.714. The maximum Gasteiger partial charge on any atom is 0.119 e. The van der Waals surface area contributed by atoms with Crippen LogP contribution in [0.25, 0.3) is 0 Å². The molecule has 3 heteroatoms. The van der Waals surface area contributed by atoms with Gasteiger partial charge in [-0.1, -0.05) is 17.7 Å². The van der Waals surface area contributed by atoms with E-state index in [0.717, 1.165) is 17.9 Å². The van der Waals surface area contributed by atoms with Gasteiger partial charge in [-0.15, -0.1) is 11.3 Å². The topological polar surface area (TPSA) is 22.1 Å². The highest BCUT2D eigenvalue weighted by Crippen LogP contribution is 2.15. The fourth-order valence-corrected chi connectivity index (χ4v) is 2.22. The van der Waals surface area contributed by atoms with Gasteiger partial charge in [0.1, 0.15) is 5.75 Å². The van der Waals surface area contributed by atoms with Gasteiger partial charge in [-0.05, 0) is 26.0 Å². The maximum absolute atomic E-state index is 5.67. The highest BCUT2D eigenvalue weighted by molar-refractivity contribution is 7.09. The maximum atomic E-state index is 5.67. The lowest BCUT2D eigenvalue weighted by molar-refractivity contribution is 0.322. The molecule has 84 valence electrons. The Balaban J connectivity index is 1.84. The summed E-state index contributed by atoms with van der Waals surface area (Å²) in [5.41, 5.74) is 4.26. The Morgan fingerprint density at radius 1 is 1.19 bits per heavy atom. The van der Waals surface area contributed by atoms with Gasteiger partial charge >= 0.3 is 0 Å². The van der Waals surface area contributed by atoms with E-state index in [1.807, 2.05) is 24.6 Å². The molecular weight excluding hydrogens is 218 g/mol. The minimum absolute atomic E-state index is 0.714. The van der Waals surface area contributed by atoms with Crippen molar-refractivity contribution < 1.29 is 4.74 Å². The van der Waals surface area contributed by atoms with Gasteiger partial charge in [-0.3, -0.25) is 0 Å². The Bertz CT molecular complexity index is 447. The van der Waals surface area contributed by atoms with Crippen molar-refractivity contribution >= 4 is 11.3 Å². The van der Waals surface area contributed by atoms with Crippen LogP contribution >= 0.6 is 11.3 Å². The molecule has 16 heavy (non-hydrogen) atoms. The Morgan fingerprint density at radius 3 is 2.56 bits per heavy atom. The van der Waals surface area contributed by atoms with Crippen molar-refractivity contribution in [1.29, 1.82) is 0 Å². The zero-order chi connectivity index (χ0) is 11.4. The van der Waals surface area contributed by atoms with Crippen molar-refractivity contribution in [2.45, 2.75) is 20.3 Å². The van der Waals surface area contributed by atoms with Crippen LogP contribution in [0.4, 0.5) is 0 Å². The molecule has 0 bridgehead atoms. The van der Waals surface area contributed by atoms with Gasteiger partial charge in [-0.25, -0.2) is 4.98 Å². The largest absolute Gasteiger partial charge is 0.493 e. The second kappa shape index (κ2) is 5.12. The minimum Gasteiger partial charge on any atom is -0.493 e. The van der Waals surface area contributed by atoms with Crippen LogP contribution in [0.5, 0.6) is 5.75 Å². The lowest BCUT2D eigenvalue weighted by atomic mass is 10.2. The van der Waals surface area contributed by atoms with E-state index < -0.39 is 0 Å². The van der Waals surface area contributed by atoms with E-state index in [-0.39, 0.29) is 0 Å². The van der Waals surface area contributed by atoms with Crippen LogP contribution in [-0.2, 0) is 6.42 Å². The summed E-state index contributed by atoms with van der Waals surface area (Å²) in [6.45, 7) is 4.83. The second-order valence-corrected chi connectivity index (χ2v) is 4.71. The quantitative estimate of drug-likeness (QED) is 0.807. The molecule has 0 aliphatic rings. The summed E-state index contributed by atoms with van der Waals surface area (Å²) in [5, 5.41) is 0. The molecule has 0 unspecified atom stereocenters. The first-order valence-corrected chi connectivity index (χ1v) is 6.22. The highest BCUT2D eigenvalue weighted by Gasteiger charge is 2.01. The smallest absolute Gasteiger partial charge is 0.119 e. The lowest BCUT2D eigenvalue weighted by Gasteiger charge is -2.05. The van der Waals surface area contributed by atoms with Crippen LogP contribution in [0, 0.1) is 13.8 Å². The van der Waals surface area contributed by atoms with Crippen LogP contribution in [0.3, 0.4) is 0 Å². The van der Waals surface area contributed by atoms with Gasteiger partial charge in [0.2, 0.25) is 0 Å². The van der Waals surface area contributed by atoms with Crippen LogP contribution in [0.15, 0.2) is 29.8 Å². The first-order valence-electron chi connectivity index (χ1n) is 5.34. The zero-order valence-electron chi connectivity index (χ0n) is 9.56. The Morgan fingerprint density at radius 2 is 1.94 bits per heavy atom. The van der Waals surface area contributed by atoms with Crippen molar-refractivity contribution in [3.05, 3.63) is 45.9 Å². The number of aryl methyl sites for hydroxylation is 2. The van der Waals surface area contributed by atoms with E-state index in [0.29, 0.717) is 6.61 Å². The van der Waals surface area contributed by atoms with Crippen LogP contribution in [0.1, 0.15) is 16.1 Å². The molecule has 0 N–H and O–H groups in total. The number of hydrogen-bond donors (Lipinski definition) is 0. The van der Waals surface area contributed by atoms with Crippen molar-refractivity contribution in [3.63, 3.8) is 0 Å². The second-order valence-electron chi connectivity index (χ2n) is 3.77.